The molecule has 0 bridgehead atoms. The Kier molecular flexibility index (Phi) is 33.7. The summed E-state index contributed by atoms with van der Waals surface area (Å²) in [5, 5.41) is 0. The summed E-state index contributed by atoms with van der Waals surface area (Å²) in [7, 11) is 0. The van der Waals surface area contributed by atoms with E-state index in [1.807, 2.05) is 0 Å². The number of hydrogen-bond acceptors (Lipinski definition) is 3. The van der Waals surface area contributed by atoms with Gasteiger partial charge in [0.05, 0.1) is 0 Å². The standard InChI is InChI=1S/C12H26S.C11H25NS/c1-2-3-4-5-6-7-8-9-10-11-12-13;12-10-8-6-4-2-1-3-5-7-9-11-13/h13H,2-12H2,1H3;13H,1-12H2. The smallest absolute Gasteiger partial charge is 0.00773 e. The van der Waals surface area contributed by atoms with E-state index in [0.717, 1.165) is 18.1 Å². The molecule has 2 N–H and O–H groups in total. The molecule has 26 heavy (non-hydrogen) atoms. The Morgan fingerprint density at radius 3 is 0.962 bits per heavy atom. The molecule has 0 aromatic heterocycles. The van der Waals surface area contributed by atoms with Crippen LogP contribution in [0.4, 0.5) is 0 Å². The summed E-state index contributed by atoms with van der Waals surface area (Å²) in [6.45, 7) is 3.14. The van der Waals surface area contributed by atoms with Crippen molar-refractivity contribution >= 4 is 25.3 Å². The van der Waals surface area contributed by atoms with E-state index in [1.54, 1.807) is 0 Å². The molecule has 0 saturated carbocycles. The highest BCUT2D eigenvalue weighted by molar-refractivity contribution is 7.80. The van der Waals surface area contributed by atoms with Crippen molar-refractivity contribution in [2.45, 2.75) is 129 Å². The van der Waals surface area contributed by atoms with Gasteiger partial charge in [0.25, 0.3) is 0 Å². The summed E-state index contributed by atoms with van der Waals surface area (Å²) in [6, 6.07) is 0. The molecule has 0 aliphatic carbocycles. The van der Waals surface area contributed by atoms with Crippen LogP contribution in [0.25, 0.3) is 0 Å². The SMILES string of the molecule is CCCCCCCCCCCCS.NCCCCCCCCCCCS. The lowest BCUT2D eigenvalue weighted by atomic mass is 10.1. The van der Waals surface area contributed by atoms with Crippen molar-refractivity contribution in [3.05, 3.63) is 0 Å². The highest BCUT2D eigenvalue weighted by Gasteiger charge is 1.92. The summed E-state index contributed by atoms with van der Waals surface area (Å²) in [4.78, 5) is 0. The van der Waals surface area contributed by atoms with Crippen LogP contribution in [0, 0.1) is 0 Å². The van der Waals surface area contributed by atoms with Crippen molar-refractivity contribution in [3.8, 4) is 0 Å². The molecule has 1 nitrogen and oxygen atoms in total. The molecule has 0 aromatic carbocycles. The monoisotopic (exact) mass is 405 g/mol. The minimum Gasteiger partial charge on any atom is -0.330 e. The Bertz CT molecular complexity index is 170. The van der Waals surface area contributed by atoms with Gasteiger partial charge < -0.3 is 5.73 Å². The van der Waals surface area contributed by atoms with Crippen LogP contribution in [-0.2, 0) is 0 Å². The lowest BCUT2D eigenvalue weighted by Gasteiger charge is -2.00. The van der Waals surface area contributed by atoms with E-state index in [9.17, 15) is 0 Å². The van der Waals surface area contributed by atoms with Crippen molar-refractivity contribution in [3.63, 3.8) is 0 Å². The van der Waals surface area contributed by atoms with Crippen molar-refractivity contribution in [2.24, 2.45) is 5.73 Å². The van der Waals surface area contributed by atoms with Crippen LogP contribution in [0.3, 0.4) is 0 Å². The first kappa shape index (κ1) is 28.9. The van der Waals surface area contributed by atoms with Gasteiger partial charge in [-0.2, -0.15) is 25.3 Å². The third-order valence-electron chi connectivity index (χ3n) is 4.87. The molecule has 0 spiro atoms. The van der Waals surface area contributed by atoms with Crippen LogP contribution in [0.2, 0.25) is 0 Å². The quantitative estimate of drug-likeness (QED) is 0.138. The molecule has 0 heterocycles. The van der Waals surface area contributed by atoms with Gasteiger partial charge in [-0.15, -0.1) is 0 Å². The minimum atomic E-state index is 0.863. The molecule has 0 fully saturated rings. The van der Waals surface area contributed by atoms with Crippen LogP contribution in [0.1, 0.15) is 129 Å². The van der Waals surface area contributed by atoms with E-state index < -0.39 is 0 Å². The zero-order chi connectivity index (χ0) is 19.6. The molecule has 0 aliphatic heterocycles. The summed E-state index contributed by atoms with van der Waals surface area (Å²) in [6.07, 6.45) is 26.4. The Labute approximate surface area is 177 Å². The average molecular weight is 406 g/mol. The Morgan fingerprint density at radius 2 is 0.692 bits per heavy atom. The van der Waals surface area contributed by atoms with E-state index in [2.05, 4.69) is 32.2 Å². The largest absolute Gasteiger partial charge is 0.330 e. The normalized spacial score (nSPS) is 10.6. The number of thiol groups is 2. The summed E-state index contributed by atoms with van der Waals surface area (Å²) < 4.78 is 0. The molecule has 0 aliphatic rings. The zero-order valence-electron chi connectivity index (χ0n) is 18.0. The van der Waals surface area contributed by atoms with Crippen molar-refractivity contribution in [2.75, 3.05) is 18.1 Å². The zero-order valence-corrected chi connectivity index (χ0v) is 19.8. The van der Waals surface area contributed by atoms with Crippen molar-refractivity contribution < 1.29 is 0 Å². The maximum Gasteiger partial charge on any atom is -0.00773 e. The fraction of sp³-hybridized carbons (Fsp3) is 1.00. The Balaban J connectivity index is 0. The second kappa shape index (κ2) is 30.4. The van der Waals surface area contributed by atoms with Crippen LogP contribution in [0.15, 0.2) is 0 Å². The molecule has 0 amide bonds. The van der Waals surface area contributed by atoms with E-state index >= 15 is 0 Å². The highest BCUT2D eigenvalue weighted by Crippen LogP contribution is 2.11. The predicted molar refractivity (Wildman–Crippen MR) is 130 cm³/mol. The van der Waals surface area contributed by atoms with E-state index in [1.165, 1.54) is 122 Å². The van der Waals surface area contributed by atoms with Gasteiger partial charge in [-0.1, -0.05) is 110 Å². The first-order valence-electron chi connectivity index (χ1n) is 11.7. The number of nitrogens with two attached hydrogens (primary N) is 1. The molecule has 0 atom stereocenters. The number of hydrogen-bond donors (Lipinski definition) is 3. The van der Waals surface area contributed by atoms with Gasteiger partial charge in [0.1, 0.15) is 0 Å². The molecule has 160 valence electrons. The molecule has 3 heteroatoms. The van der Waals surface area contributed by atoms with E-state index in [-0.39, 0.29) is 0 Å². The molecule has 0 rings (SSSR count). The third kappa shape index (κ3) is 32.3. The maximum atomic E-state index is 5.42. The fourth-order valence-electron chi connectivity index (χ4n) is 3.09. The number of unbranched alkanes of at least 4 members (excludes halogenated alkanes) is 17. The van der Waals surface area contributed by atoms with Gasteiger partial charge in [-0.05, 0) is 37.3 Å². The molecular formula is C23H51NS2. The Morgan fingerprint density at radius 1 is 0.423 bits per heavy atom. The van der Waals surface area contributed by atoms with Gasteiger partial charge in [0, 0.05) is 0 Å². The topological polar surface area (TPSA) is 26.0 Å². The molecule has 0 saturated heterocycles. The first-order valence-corrected chi connectivity index (χ1v) is 13.0. The predicted octanol–water partition coefficient (Wildman–Crippen LogP) is 8.22. The van der Waals surface area contributed by atoms with Gasteiger partial charge >= 0.3 is 0 Å². The van der Waals surface area contributed by atoms with Crippen LogP contribution < -0.4 is 5.73 Å². The lowest BCUT2D eigenvalue weighted by Crippen LogP contribution is -1.97. The summed E-state index contributed by atoms with van der Waals surface area (Å²) >= 11 is 8.39. The minimum absolute atomic E-state index is 0.863. The lowest BCUT2D eigenvalue weighted by molar-refractivity contribution is 0.563. The van der Waals surface area contributed by atoms with Crippen molar-refractivity contribution in [1.82, 2.24) is 0 Å². The average Bonchev–Trinajstić information content (AvgIpc) is 2.66. The highest BCUT2D eigenvalue weighted by atomic mass is 32.1. The van der Waals surface area contributed by atoms with Gasteiger partial charge in [-0.25, -0.2) is 0 Å². The van der Waals surface area contributed by atoms with E-state index in [4.69, 9.17) is 5.73 Å². The van der Waals surface area contributed by atoms with Crippen LogP contribution in [0.5, 0.6) is 0 Å². The first-order chi connectivity index (χ1) is 12.8. The Hall–Kier alpha value is 0.660. The van der Waals surface area contributed by atoms with Crippen LogP contribution >= 0.6 is 25.3 Å². The number of rotatable bonds is 20. The fourth-order valence-corrected chi connectivity index (χ4v) is 3.54. The second-order valence-corrected chi connectivity index (χ2v) is 8.49. The van der Waals surface area contributed by atoms with Gasteiger partial charge in [-0.3, -0.25) is 0 Å². The molecular weight excluding hydrogens is 354 g/mol. The maximum absolute atomic E-state index is 5.42. The molecule has 0 unspecified atom stereocenters. The molecule has 0 aromatic rings. The third-order valence-corrected chi connectivity index (χ3v) is 5.51. The summed E-state index contributed by atoms with van der Waals surface area (Å²) in [5.41, 5.74) is 5.42. The van der Waals surface area contributed by atoms with Gasteiger partial charge in [0.2, 0.25) is 0 Å². The van der Waals surface area contributed by atoms with E-state index in [0.29, 0.717) is 0 Å². The van der Waals surface area contributed by atoms with Crippen molar-refractivity contribution in [1.29, 1.82) is 0 Å². The summed E-state index contributed by atoms with van der Waals surface area (Å²) in [5.74, 6) is 2.12. The van der Waals surface area contributed by atoms with Crippen LogP contribution in [-0.4, -0.2) is 18.1 Å². The van der Waals surface area contributed by atoms with Gasteiger partial charge in [0.15, 0.2) is 0 Å². The second-order valence-electron chi connectivity index (χ2n) is 7.60. The molecule has 0 radical (unpaired) electrons.